The Balaban J connectivity index is 1.03. The Morgan fingerprint density at radius 2 is 0.852 bits per heavy atom. The van der Waals surface area contributed by atoms with Gasteiger partial charge in [0.2, 0.25) is 0 Å². The van der Waals surface area contributed by atoms with Gasteiger partial charge in [0, 0.05) is 33.5 Å². The molecule has 0 radical (unpaired) electrons. The van der Waals surface area contributed by atoms with Gasteiger partial charge in [-0.3, -0.25) is 0 Å². The van der Waals surface area contributed by atoms with Crippen LogP contribution in [0.3, 0.4) is 0 Å². The first-order valence-corrected chi connectivity index (χ1v) is 18.9. The van der Waals surface area contributed by atoms with Crippen molar-refractivity contribution < 1.29 is 0 Å². The van der Waals surface area contributed by atoms with Gasteiger partial charge in [-0.1, -0.05) is 153 Å². The minimum absolute atomic E-state index is 0.515. The van der Waals surface area contributed by atoms with E-state index in [-0.39, 0.29) is 0 Å². The molecule has 0 aliphatic rings. The monoisotopic (exact) mass is 694 g/mol. The summed E-state index contributed by atoms with van der Waals surface area (Å²) < 4.78 is 2.37. The van der Waals surface area contributed by atoms with Gasteiger partial charge in [-0.15, -0.1) is 0 Å². The number of aromatic nitrogens is 1. The Kier molecular flexibility index (Phi) is 8.86. The topological polar surface area (TPSA) is 8.17 Å². The van der Waals surface area contributed by atoms with E-state index in [0.29, 0.717) is 5.92 Å². The molecule has 0 saturated heterocycles. The lowest BCUT2D eigenvalue weighted by molar-refractivity contribution is 0.648. The number of rotatable bonds is 9. The summed E-state index contributed by atoms with van der Waals surface area (Å²) in [6.07, 6.45) is 0.991. The Morgan fingerprint density at radius 3 is 1.44 bits per heavy atom. The van der Waals surface area contributed by atoms with E-state index < -0.39 is 0 Å². The molecule has 0 fully saturated rings. The number of hydrogen-bond donors (Lipinski definition) is 0. The lowest BCUT2D eigenvalue weighted by Gasteiger charge is -2.27. The summed E-state index contributed by atoms with van der Waals surface area (Å²) in [7, 11) is 0. The summed E-state index contributed by atoms with van der Waals surface area (Å²) in [6.45, 7) is 4.61. The van der Waals surface area contributed by atoms with Gasteiger partial charge in [-0.25, -0.2) is 0 Å². The largest absolute Gasteiger partial charge is 0.310 e. The fourth-order valence-corrected chi connectivity index (χ4v) is 7.91. The fraction of sp³-hybridized carbons (Fsp3) is 0.0769. The molecule has 0 bridgehead atoms. The number of anilines is 3. The predicted octanol–water partition coefficient (Wildman–Crippen LogP) is 14.5. The van der Waals surface area contributed by atoms with Crippen LogP contribution in [0.4, 0.5) is 17.1 Å². The number of nitrogens with zero attached hydrogens (tertiary/aromatic N) is 2. The summed E-state index contributed by atoms with van der Waals surface area (Å²) in [5.41, 5.74) is 15.8. The van der Waals surface area contributed by atoms with Crippen molar-refractivity contribution in [3.63, 3.8) is 0 Å². The Bertz CT molecular complexity index is 2620. The van der Waals surface area contributed by atoms with Crippen LogP contribution < -0.4 is 4.90 Å². The Labute approximate surface area is 318 Å². The zero-order valence-corrected chi connectivity index (χ0v) is 30.7. The van der Waals surface area contributed by atoms with Crippen molar-refractivity contribution in [1.82, 2.24) is 4.57 Å². The zero-order chi connectivity index (χ0) is 36.4. The highest BCUT2D eigenvalue weighted by Gasteiger charge is 2.17. The third-order valence-corrected chi connectivity index (χ3v) is 10.5. The van der Waals surface area contributed by atoms with Gasteiger partial charge in [0.15, 0.2) is 0 Å². The number of fused-ring (bicyclic) bond motifs is 3. The zero-order valence-electron chi connectivity index (χ0n) is 30.7. The molecule has 0 aliphatic heterocycles. The minimum atomic E-state index is 0.515. The number of benzene rings is 8. The summed E-state index contributed by atoms with van der Waals surface area (Å²) in [5, 5.41) is 2.56. The average Bonchev–Trinajstić information content (AvgIpc) is 3.56. The molecule has 0 aliphatic carbocycles. The van der Waals surface area contributed by atoms with Gasteiger partial charge in [0.25, 0.3) is 0 Å². The standard InChI is InChI=1S/C52H42N2/c1-37(2)35-43-36-47(53(44-15-7-4-8-16-44)45-29-25-40(26-30-45)38-13-5-3-6-14-38)33-34-48(43)42-23-21-39(22-24-42)41-27-31-46(32-28-41)54-51-19-11-9-17-49(51)50-18-10-12-20-52(50)54/h3-34,36-37H,35H2,1-2H3. The van der Waals surface area contributed by atoms with Crippen molar-refractivity contribution in [1.29, 1.82) is 0 Å². The molecule has 54 heavy (non-hydrogen) atoms. The molecule has 8 aromatic carbocycles. The van der Waals surface area contributed by atoms with Crippen LogP contribution in [0.2, 0.25) is 0 Å². The van der Waals surface area contributed by atoms with Gasteiger partial charge in [-0.2, -0.15) is 0 Å². The fourth-order valence-electron chi connectivity index (χ4n) is 7.91. The highest BCUT2D eigenvalue weighted by Crippen LogP contribution is 2.39. The Morgan fingerprint density at radius 1 is 0.407 bits per heavy atom. The SMILES string of the molecule is CC(C)Cc1cc(N(c2ccccc2)c2ccc(-c3ccccc3)cc2)ccc1-c1ccc(-c2ccc(-n3c4ccccc4c4ccccc43)cc2)cc1. The van der Waals surface area contributed by atoms with E-state index in [1.807, 2.05) is 0 Å². The summed E-state index contributed by atoms with van der Waals surface area (Å²) in [5.74, 6) is 0.515. The molecule has 9 rings (SSSR count). The summed E-state index contributed by atoms with van der Waals surface area (Å²) >= 11 is 0. The van der Waals surface area contributed by atoms with Crippen molar-refractivity contribution in [2.45, 2.75) is 20.3 Å². The molecule has 0 amide bonds. The molecule has 9 aromatic rings. The van der Waals surface area contributed by atoms with Crippen molar-refractivity contribution in [3.05, 3.63) is 206 Å². The second-order valence-electron chi connectivity index (χ2n) is 14.5. The van der Waals surface area contributed by atoms with Crippen molar-refractivity contribution >= 4 is 38.9 Å². The first kappa shape index (κ1) is 33.2. The molecule has 0 N–H and O–H groups in total. The van der Waals surface area contributed by atoms with Crippen LogP contribution in [0.15, 0.2) is 200 Å². The van der Waals surface area contributed by atoms with Crippen molar-refractivity contribution in [2.24, 2.45) is 5.92 Å². The predicted molar refractivity (Wildman–Crippen MR) is 230 cm³/mol. The third kappa shape index (κ3) is 6.37. The molecular weight excluding hydrogens is 653 g/mol. The maximum atomic E-state index is 2.40. The van der Waals surface area contributed by atoms with Gasteiger partial charge in [-0.05, 0) is 112 Å². The summed E-state index contributed by atoms with van der Waals surface area (Å²) in [6, 6.07) is 72.6. The van der Waals surface area contributed by atoms with Crippen LogP contribution in [-0.4, -0.2) is 4.57 Å². The molecule has 1 aromatic heterocycles. The first-order valence-electron chi connectivity index (χ1n) is 18.9. The van der Waals surface area contributed by atoms with Crippen LogP contribution in [0.1, 0.15) is 19.4 Å². The third-order valence-electron chi connectivity index (χ3n) is 10.5. The van der Waals surface area contributed by atoms with E-state index in [4.69, 9.17) is 0 Å². The summed E-state index contributed by atoms with van der Waals surface area (Å²) in [4.78, 5) is 2.37. The van der Waals surface area contributed by atoms with E-state index in [9.17, 15) is 0 Å². The van der Waals surface area contributed by atoms with Crippen LogP contribution in [-0.2, 0) is 6.42 Å². The molecule has 0 unspecified atom stereocenters. The van der Waals surface area contributed by atoms with E-state index in [2.05, 4.69) is 224 Å². The second kappa shape index (κ2) is 14.4. The Hall–Kier alpha value is -6.64. The molecular formula is C52H42N2. The van der Waals surface area contributed by atoms with Crippen molar-refractivity contribution in [2.75, 3.05) is 4.90 Å². The van der Waals surface area contributed by atoms with Gasteiger partial charge >= 0.3 is 0 Å². The number of hydrogen-bond acceptors (Lipinski definition) is 1. The maximum Gasteiger partial charge on any atom is 0.0541 e. The van der Waals surface area contributed by atoms with Crippen LogP contribution in [0.5, 0.6) is 0 Å². The first-order chi connectivity index (χ1) is 26.6. The maximum absolute atomic E-state index is 2.40. The van der Waals surface area contributed by atoms with Crippen LogP contribution >= 0.6 is 0 Å². The lowest BCUT2D eigenvalue weighted by atomic mass is 9.92. The van der Waals surface area contributed by atoms with Crippen LogP contribution in [0, 0.1) is 5.92 Å². The van der Waals surface area contributed by atoms with E-state index in [1.54, 1.807) is 0 Å². The van der Waals surface area contributed by atoms with Crippen molar-refractivity contribution in [3.8, 4) is 39.1 Å². The quantitative estimate of drug-likeness (QED) is 0.146. The highest BCUT2D eigenvalue weighted by molar-refractivity contribution is 6.09. The van der Waals surface area contributed by atoms with Gasteiger partial charge in [0.1, 0.15) is 0 Å². The average molecular weight is 695 g/mol. The molecule has 0 saturated carbocycles. The smallest absolute Gasteiger partial charge is 0.0541 e. The van der Waals surface area contributed by atoms with E-state index >= 15 is 0 Å². The molecule has 2 nitrogen and oxygen atoms in total. The highest BCUT2D eigenvalue weighted by atomic mass is 15.1. The number of para-hydroxylation sites is 3. The molecule has 0 spiro atoms. The lowest BCUT2D eigenvalue weighted by Crippen LogP contribution is -2.11. The van der Waals surface area contributed by atoms with Gasteiger partial charge in [0.05, 0.1) is 11.0 Å². The molecule has 0 atom stereocenters. The minimum Gasteiger partial charge on any atom is -0.310 e. The molecule has 1 heterocycles. The van der Waals surface area contributed by atoms with Crippen LogP contribution in [0.25, 0.3) is 60.9 Å². The molecule has 2 heteroatoms. The normalized spacial score (nSPS) is 11.4. The van der Waals surface area contributed by atoms with Gasteiger partial charge < -0.3 is 9.47 Å². The van der Waals surface area contributed by atoms with E-state index in [1.165, 1.54) is 66.4 Å². The second-order valence-corrected chi connectivity index (χ2v) is 14.5. The van der Waals surface area contributed by atoms with E-state index in [0.717, 1.165) is 23.5 Å². The molecule has 260 valence electrons.